The minimum absolute atomic E-state index is 0.0527. The summed E-state index contributed by atoms with van der Waals surface area (Å²) in [7, 11) is 0. The van der Waals surface area contributed by atoms with Gasteiger partial charge in [0.05, 0.1) is 11.8 Å². The number of nitrogens with zero attached hydrogens (tertiary/aromatic N) is 2. The number of amides is 1. The highest BCUT2D eigenvalue weighted by Crippen LogP contribution is 2.25. The zero-order chi connectivity index (χ0) is 16.3. The molecule has 0 saturated heterocycles. The van der Waals surface area contributed by atoms with E-state index in [0.717, 1.165) is 37.1 Å². The molecule has 23 heavy (non-hydrogen) atoms. The van der Waals surface area contributed by atoms with Crippen LogP contribution >= 0.6 is 11.8 Å². The lowest BCUT2D eigenvalue weighted by Crippen LogP contribution is -2.26. The van der Waals surface area contributed by atoms with Crippen molar-refractivity contribution in [2.45, 2.75) is 44.3 Å². The van der Waals surface area contributed by atoms with Crippen molar-refractivity contribution in [3.8, 4) is 6.07 Å². The number of nitrogens with one attached hydrogen (secondary N) is 1. The zero-order valence-electron chi connectivity index (χ0n) is 13.3. The van der Waals surface area contributed by atoms with Gasteiger partial charge in [-0.15, -0.1) is 11.8 Å². The molecule has 0 aliphatic heterocycles. The second kappa shape index (κ2) is 10.1. The van der Waals surface area contributed by atoms with Crippen molar-refractivity contribution in [1.82, 2.24) is 5.43 Å². The molecule has 2 rings (SSSR count). The maximum absolute atomic E-state index is 11.9. The quantitative estimate of drug-likeness (QED) is 0.772. The normalized spacial score (nSPS) is 19.3. The van der Waals surface area contributed by atoms with E-state index >= 15 is 0 Å². The first-order valence-corrected chi connectivity index (χ1v) is 9.29. The molecule has 0 unspecified atom stereocenters. The molecule has 4 nitrogen and oxygen atoms in total. The van der Waals surface area contributed by atoms with Gasteiger partial charge in [0.1, 0.15) is 0 Å². The number of hydrogen-bond acceptors (Lipinski definition) is 4. The first kappa shape index (κ1) is 17.6. The third-order valence-corrected chi connectivity index (χ3v) is 4.98. The molecule has 0 radical (unpaired) electrons. The van der Waals surface area contributed by atoms with Crippen molar-refractivity contribution >= 4 is 23.4 Å². The van der Waals surface area contributed by atoms with Crippen LogP contribution in [0.15, 0.2) is 35.4 Å². The predicted molar refractivity (Wildman–Crippen MR) is 95.0 cm³/mol. The molecule has 0 heterocycles. The van der Waals surface area contributed by atoms with E-state index in [0.29, 0.717) is 18.1 Å². The molecule has 0 aromatic heterocycles. The van der Waals surface area contributed by atoms with Crippen LogP contribution in [0.2, 0.25) is 0 Å². The van der Waals surface area contributed by atoms with Crippen LogP contribution in [0.3, 0.4) is 0 Å². The van der Waals surface area contributed by atoms with Gasteiger partial charge >= 0.3 is 0 Å². The highest BCUT2D eigenvalue weighted by Gasteiger charge is 2.20. The third kappa shape index (κ3) is 6.45. The number of carbonyl (C=O) groups excluding carboxylic acids is 1. The maximum Gasteiger partial charge on any atom is 0.250 e. The first-order chi connectivity index (χ1) is 11.3. The molecule has 0 spiro atoms. The van der Waals surface area contributed by atoms with Crippen LogP contribution in [-0.2, 0) is 10.5 Å². The van der Waals surface area contributed by atoms with Gasteiger partial charge in [0.2, 0.25) is 5.91 Å². The summed E-state index contributed by atoms with van der Waals surface area (Å²) in [4.78, 5) is 11.9. The average Bonchev–Trinajstić information content (AvgIpc) is 2.60. The fraction of sp³-hybridized carbons (Fsp3) is 0.500. The molecular weight excluding hydrogens is 306 g/mol. The molecule has 1 aliphatic rings. The summed E-state index contributed by atoms with van der Waals surface area (Å²) in [6.07, 6.45) is 5.75. The fourth-order valence-corrected chi connectivity index (χ4v) is 3.55. The monoisotopic (exact) mass is 329 g/mol. The molecule has 1 saturated carbocycles. The van der Waals surface area contributed by atoms with E-state index in [1.165, 1.54) is 12.0 Å². The lowest BCUT2D eigenvalue weighted by atomic mass is 9.84. The molecule has 1 amide bonds. The van der Waals surface area contributed by atoms with Crippen molar-refractivity contribution in [3.05, 3.63) is 35.9 Å². The van der Waals surface area contributed by atoms with Gasteiger partial charge in [0, 0.05) is 23.8 Å². The smallest absolute Gasteiger partial charge is 0.250 e. The van der Waals surface area contributed by atoms with Gasteiger partial charge in [-0.3, -0.25) is 4.79 Å². The fourth-order valence-electron chi connectivity index (χ4n) is 2.77. The topological polar surface area (TPSA) is 65.2 Å². The van der Waals surface area contributed by atoms with Gasteiger partial charge < -0.3 is 0 Å². The molecule has 1 N–H and O–H groups in total. The molecule has 122 valence electrons. The largest absolute Gasteiger partial charge is 0.272 e. The Morgan fingerprint density at radius 1 is 1.35 bits per heavy atom. The van der Waals surface area contributed by atoms with Crippen LogP contribution in [0, 0.1) is 17.2 Å². The van der Waals surface area contributed by atoms with E-state index in [4.69, 9.17) is 5.26 Å². The van der Waals surface area contributed by atoms with Crippen molar-refractivity contribution in [2.75, 3.05) is 5.75 Å². The Bertz CT molecular complexity index is 565. The van der Waals surface area contributed by atoms with E-state index in [1.807, 2.05) is 18.2 Å². The zero-order valence-corrected chi connectivity index (χ0v) is 14.1. The van der Waals surface area contributed by atoms with Crippen LogP contribution in [0.1, 0.15) is 44.1 Å². The lowest BCUT2D eigenvalue weighted by molar-refractivity contribution is -0.118. The number of hydrazone groups is 1. The SMILES string of the molecule is N#CCC[C@H]1CCCC/C1=N/NC(=O)CSCc1ccccc1. The lowest BCUT2D eigenvalue weighted by Gasteiger charge is -2.23. The molecule has 0 bridgehead atoms. The number of benzene rings is 1. The van der Waals surface area contributed by atoms with Gasteiger partial charge in [-0.05, 0) is 31.2 Å². The molecule has 1 atom stereocenters. The van der Waals surface area contributed by atoms with Gasteiger partial charge in [-0.2, -0.15) is 10.4 Å². The molecule has 1 fully saturated rings. The van der Waals surface area contributed by atoms with Gasteiger partial charge in [-0.1, -0.05) is 36.8 Å². The van der Waals surface area contributed by atoms with E-state index in [2.05, 4.69) is 28.7 Å². The number of nitriles is 1. The molecule has 1 aliphatic carbocycles. The van der Waals surface area contributed by atoms with E-state index in [-0.39, 0.29) is 5.91 Å². The number of rotatable bonds is 7. The summed E-state index contributed by atoms with van der Waals surface area (Å²) in [5, 5.41) is 13.1. The summed E-state index contributed by atoms with van der Waals surface area (Å²) in [6.45, 7) is 0. The van der Waals surface area contributed by atoms with E-state index in [9.17, 15) is 4.79 Å². The number of hydrogen-bond donors (Lipinski definition) is 1. The second-order valence-corrected chi connectivity index (χ2v) is 6.74. The highest BCUT2D eigenvalue weighted by atomic mass is 32.2. The average molecular weight is 329 g/mol. The minimum Gasteiger partial charge on any atom is -0.272 e. The van der Waals surface area contributed by atoms with Crippen LogP contribution in [0.4, 0.5) is 0 Å². The Morgan fingerprint density at radius 3 is 2.96 bits per heavy atom. The van der Waals surface area contributed by atoms with E-state index < -0.39 is 0 Å². The maximum atomic E-state index is 11.9. The molecule has 1 aromatic rings. The van der Waals surface area contributed by atoms with Gasteiger partial charge in [0.15, 0.2) is 0 Å². The molecule has 5 heteroatoms. The summed E-state index contributed by atoms with van der Waals surface area (Å²) in [6, 6.07) is 12.3. The minimum atomic E-state index is -0.0527. The Morgan fingerprint density at radius 2 is 2.17 bits per heavy atom. The number of carbonyl (C=O) groups is 1. The standard InChI is InChI=1S/C18H23N3OS/c19-12-6-10-16-9-4-5-11-17(16)20-21-18(22)14-23-13-15-7-2-1-3-8-15/h1-3,7-8,16H,4-6,9-11,13-14H2,(H,21,22)/b20-17-/t16-/m1/s1. The Hall–Kier alpha value is -1.80. The van der Waals surface area contributed by atoms with Gasteiger partial charge in [-0.25, -0.2) is 5.43 Å². The van der Waals surface area contributed by atoms with E-state index in [1.54, 1.807) is 11.8 Å². The van der Waals surface area contributed by atoms with Crippen LogP contribution in [-0.4, -0.2) is 17.4 Å². The Kier molecular flexibility index (Phi) is 7.68. The molecule has 1 aromatic carbocycles. The van der Waals surface area contributed by atoms with Crippen molar-refractivity contribution in [2.24, 2.45) is 11.0 Å². The summed E-state index contributed by atoms with van der Waals surface area (Å²) in [5.41, 5.74) is 4.98. The summed E-state index contributed by atoms with van der Waals surface area (Å²) in [5.74, 6) is 1.55. The molecular formula is C18H23N3OS. The Labute approximate surface area is 142 Å². The third-order valence-electron chi connectivity index (χ3n) is 3.98. The van der Waals surface area contributed by atoms with Crippen LogP contribution in [0.5, 0.6) is 0 Å². The van der Waals surface area contributed by atoms with Gasteiger partial charge in [0.25, 0.3) is 0 Å². The summed E-state index contributed by atoms with van der Waals surface area (Å²) >= 11 is 1.59. The van der Waals surface area contributed by atoms with Crippen molar-refractivity contribution < 1.29 is 4.79 Å². The summed E-state index contributed by atoms with van der Waals surface area (Å²) < 4.78 is 0. The van der Waals surface area contributed by atoms with Crippen molar-refractivity contribution in [3.63, 3.8) is 0 Å². The number of thioether (sulfide) groups is 1. The van der Waals surface area contributed by atoms with Crippen LogP contribution < -0.4 is 5.43 Å². The second-order valence-electron chi connectivity index (χ2n) is 5.76. The highest BCUT2D eigenvalue weighted by molar-refractivity contribution is 7.99. The predicted octanol–water partition coefficient (Wildman–Crippen LogP) is 3.89. The van der Waals surface area contributed by atoms with Crippen LogP contribution in [0.25, 0.3) is 0 Å². The first-order valence-electron chi connectivity index (χ1n) is 8.13. The Balaban J connectivity index is 1.74. The van der Waals surface area contributed by atoms with Crippen molar-refractivity contribution in [1.29, 1.82) is 5.26 Å².